The van der Waals surface area contributed by atoms with Crippen molar-refractivity contribution in [3.05, 3.63) is 23.2 Å². The quantitative estimate of drug-likeness (QED) is 0.890. The van der Waals surface area contributed by atoms with E-state index in [1.54, 1.807) is 0 Å². The van der Waals surface area contributed by atoms with E-state index in [2.05, 4.69) is 5.32 Å². The Kier molecular flexibility index (Phi) is 4.36. The van der Waals surface area contributed by atoms with Crippen LogP contribution >= 0.6 is 11.6 Å². The second-order valence-electron chi connectivity index (χ2n) is 5.10. The van der Waals surface area contributed by atoms with Crippen molar-refractivity contribution < 1.29 is 13.2 Å². The van der Waals surface area contributed by atoms with E-state index >= 15 is 0 Å². The summed E-state index contributed by atoms with van der Waals surface area (Å²) in [6, 6.07) is 4.10. The maximum atomic E-state index is 12.1. The van der Waals surface area contributed by atoms with Gasteiger partial charge in [-0.25, -0.2) is 8.42 Å². The van der Waals surface area contributed by atoms with Crippen LogP contribution in [0.25, 0.3) is 0 Å². The van der Waals surface area contributed by atoms with Gasteiger partial charge in [-0.15, -0.1) is 0 Å². The van der Waals surface area contributed by atoms with Crippen LogP contribution in [0.2, 0.25) is 5.02 Å². The number of anilines is 1. The molecule has 0 spiro atoms. The van der Waals surface area contributed by atoms with Crippen LogP contribution in [-0.4, -0.2) is 26.6 Å². The van der Waals surface area contributed by atoms with Crippen LogP contribution in [0.3, 0.4) is 0 Å². The fraction of sp³-hybridized carbons (Fsp3) is 0.462. The predicted octanol–water partition coefficient (Wildman–Crippen LogP) is 1.81. The number of rotatable bonds is 3. The zero-order valence-corrected chi connectivity index (χ0v) is 12.7. The molecule has 0 aliphatic heterocycles. The molecule has 1 aromatic carbocycles. The smallest absolute Gasteiger partial charge is 0.229 e. The van der Waals surface area contributed by atoms with Crippen LogP contribution in [0, 0.1) is 5.92 Å². The summed E-state index contributed by atoms with van der Waals surface area (Å²) in [6.07, 6.45) is 3.61. The van der Waals surface area contributed by atoms with Gasteiger partial charge in [-0.1, -0.05) is 18.0 Å². The normalized spacial score (nSPS) is 22.8. The summed E-state index contributed by atoms with van der Waals surface area (Å²) in [5.74, 6) is -0.449. The molecule has 5 nitrogen and oxygen atoms in total. The minimum atomic E-state index is -3.34. The minimum Gasteiger partial charge on any atom is -0.327 e. The fourth-order valence-electron chi connectivity index (χ4n) is 2.37. The molecule has 0 radical (unpaired) electrons. The summed E-state index contributed by atoms with van der Waals surface area (Å²) in [5, 5.41) is 2.98. The van der Waals surface area contributed by atoms with Crippen LogP contribution in [0.5, 0.6) is 0 Å². The number of halogens is 1. The third-order valence-electron chi connectivity index (χ3n) is 3.53. The molecule has 1 aliphatic carbocycles. The highest BCUT2D eigenvalue weighted by Crippen LogP contribution is 2.29. The Morgan fingerprint density at radius 1 is 1.40 bits per heavy atom. The fourth-order valence-corrected chi connectivity index (χ4v) is 3.18. The molecule has 1 amide bonds. The molecule has 0 aromatic heterocycles. The molecule has 2 atom stereocenters. The Labute approximate surface area is 123 Å². The number of carbonyl (C=O) groups excluding carboxylic acids is 1. The van der Waals surface area contributed by atoms with Gasteiger partial charge in [-0.3, -0.25) is 4.79 Å². The molecule has 2 rings (SSSR count). The Morgan fingerprint density at radius 2 is 2.10 bits per heavy atom. The van der Waals surface area contributed by atoms with Crippen LogP contribution in [0.4, 0.5) is 5.69 Å². The average molecular weight is 317 g/mol. The van der Waals surface area contributed by atoms with Gasteiger partial charge < -0.3 is 11.1 Å². The highest BCUT2D eigenvalue weighted by atomic mass is 35.5. The molecule has 1 saturated carbocycles. The Hall–Kier alpha value is -1.11. The van der Waals surface area contributed by atoms with E-state index in [1.807, 2.05) is 0 Å². The van der Waals surface area contributed by atoms with E-state index in [-0.39, 0.29) is 22.8 Å². The van der Waals surface area contributed by atoms with Gasteiger partial charge in [0.05, 0.1) is 21.5 Å². The Bertz CT molecular complexity index is 631. The molecule has 2 unspecified atom stereocenters. The predicted molar refractivity (Wildman–Crippen MR) is 78.5 cm³/mol. The van der Waals surface area contributed by atoms with Gasteiger partial charge in [-0.2, -0.15) is 0 Å². The molecule has 110 valence electrons. The highest BCUT2D eigenvalue weighted by molar-refractivity contribution is 7.90. The number of hydrogen-bond donors (Lipinski definition) is 2. The van der Waals surface area contributed by atoms with Gasteiger partial charge in [0.15, 0.2) is 9.84 Å². The van der Waals surface area contributed by atoms with Crippen molar-refractivity contribution in [2.75, 3.05) is 11.6 Å². The van der Waals surface area contributed by atoms with E-state index in [1.165, 1.54) is 18.2 Å². The first-order chi connectivity index (χ1) is 9.29. The largest absolute Gasteiger partial charge is 0.327 e. The lowest BCUT2D eigenvalue weighted by Gasteiger charge is -2.16. The molecule has 1 aromatic rings. The number of benzene rings is 1. The number of nitrogens with two attached hydrogens (primary N) is 1. The lowest BCUT2D eigenvalue weighted by molar-refractivity contribution is -0.120. The van der Waals surface area contributed by atoms with Crippen LogP contribution in [0.1, 0.15) is 19.3 Å². The van der Waals surface area contributed by atoms with Gasteiger partial charge in [0.2, 0.25) is 5.91 Å². The molecule has 1 fully saturated rings. The third kappa shape index (κ3) is 3.31. The van der Waals surface area contributed by atoms with E-state index in [9.17, 15) is 13.2 Å². The standard InChI is InChI=1S/C13H17ClN2O3S/c1-20(18,19)8-5-6-10(14)12(7-8)16-13(17)9-3-2-4-11(9)15/h5-7,9,11H,2-4,15H2,1H3,(H,16,17). The lowest BCUT2D eigenvalue weighted by Crippen LogP contribution is -2.34. The topological polar surface area (TPSA) is 89.3 Å². The number of carbonyl (C=O) groups is 1. The summed E-state index contributed by atoms with van der Waals surface area (Å²) >= 11 is 5.99. The maximum absolute atomic E-state index is 12.1. The summed E-state index contributed by atoms with van der Waals surface area (Å²) in [6.45, 7) is 0. The van der Waals surface area contributed by atoms with Gasteiger partial charge in [0.25, 0.3) is 0 Å². The minimum absolute atomic E-state index is 0.118. The molecular formula is C13H17ClN2O3S. The highest BCUT2D eigenvalue weighted by Gasteiger charge is 2.30. The Balaban J connectivity index is 2.22. The second-order valence-corrected chi connectivity index (χ2v) is 7.53. The first-order valence-corrected chi connectivity index (χ1v) is 8.62. The van der Waals surface area contributed by atoms with Gasteiger partial charge >= 0.3 is 0 Å². The van der Waals surface area contributed by atoms with Gasteiger partial charge in [-0.05, 0) is 31.0 Å². The molecule has 0 bridgehead atoms. The van der Waals surface area contributed by atoms with Crippen molar-refractivity contribution in [1.82, 2.24) is 0 Å². The average Bonchev–Trinajstić information content (AvgIpc) is 2.77. The van der Waals surface area contributed by atoms with Crippen molar-refractivity contribution in [2.45, 2.75) is 30.2 Å². The molecule has 7 heteroatoms. The van der Waals surface area contributed by atoms with E-state index in [4.69, 9.17) is 17.3 Å². The molecule has 3 N–H and O–H groups in total. The molecule has 20 heavy (non-hydrogen) atoms. The van der Waals surface area contributed by atoms with Gasteiger partial charge in [0.1, 0.15) is 0 Å². The third-order valence-corrected chi connectivity index (χ3v) is 4.97. The van der Waals surface area contributed by atoms with E-state index < -0.39 is 9.84 Å². The number of hydrogen-bond acceptors (Lipinski definition) is 4. The van der Waals surface area contributed by atoms with Crippen LogP contribution in [0.15, 0.2) is 23.1 Å². The zero-order valence-electron chi connectivity index (χ0n) is 11.1. The summed E-state index contributed by atoms with van der Waals surface area (Å²) < 4.78 is 23.0. The van der Waals surface area contributed by atoms with Crippen LogP contribution in [-0.2, 0) is 14.6 Å². The van der Waals surface area contributed by atoms with Crippen molar-refractivity contribution in [1.29, 1.82) is 0 Å². The Morgan fingerprint density at radius 3 is 2.65 bits per heavy atom. The molecule has 0 saturated heterocycles. The van der Waals surface area contributed by atoms with Crippen LogP contribution < -0.4 is 11.1 Å². The van der Waals surface area contributed by atoms with Gasteiger partial charge in [0, 0.05) is 12.3 Å². The maximum Gasteiger partial charge on any atom is 0.229 e. The summed E-state index contributed by atoms with van der Waals surface area (Å²) in [5.41, 5.74) is 6.19. The van der Waals surface area contributed by atoms with Crippen molar-refractivity contribution in [3.63, 3.8) is 0 Å². The van der Waals surface area contributed by atoms with Crippen molar-refractivity contribution >= 4 is 33.0 Å². The van der Waals surface area contributed by atoms with E-state index in [0.29, 0.717) is 10.7 Å². The first-order valence-electron chi connectivity index (χ1n) is 6.35. The zero-order chi connectivity index (χ0) is 14.9. The van der Waals surface area contributed by atoms with E-state index in [0.717, 1.165) is 25.5 Å². The number of nitrogens with one attached hydrogen (secondary N) is 1. The molecular weight excluding hydrogens is 300 g/mol. The second kappa shape index (κ2) is 5.71. The summed E-state index contributed by atoms with van der Waals surface area (Å²) in [7, 11) is -3.34. The monoisotopic (exact) mass is 316 g/mol. The van der Waals surface area contributed by atoms with Crippen molar-refractivity contribution in [3.8, 4) is 0 Å². The summed E-state index contributed by atoms with van der Waals surface area (Å²) in [4.78, 5) is 12.3. The number of sulfone groups is 1. The number of amides is 1. The first kappa shape index (κ1) is 15.3. The SMILES string of the molecule is CS(=O)(=O)c1ccc(Cl)c(NC(=O)C2CCCC2N)c1. The van der Waals surface area contributed by atoms with Crippen molar-refractivity contribution in [2.24, 2.45) is 11.7 Å². The molecule has 0 heterocycles. The lowest BCUT2D eigenvalue weighted by atomic mass is 10.0. The molecule has 1 aliphatic rings.